The second-order valence-electron chi connectivity index (χ2n) is 3.86. The molecule has 2 nitrogen and oxygen atoms in total. The number of alkyl halides is 2. The van der Waals surface area contributed by atoms with Gasteiger partial charge in [-0.05, 0) is 36.1 Å². The van der Waals surface area contributed by atoms with Crippen LogP contribution in [0.1, 0.15) is 23.5 Å². The largest absolute Gasteiger partial charge is 0.477 e. The molecule has 0 fully saturated rings. The van der Waals surface area contributed by atoms with Crippen LogP contribution in [-0.2, 0) is 11.2 Å². The van der Waals surface area contributed by atoms with Gasteiger partial charge in [-0.25, -0.2) is 4.79 Å². The quantitative estimate of drug-likeness (QED) is 0.908. The van der Waals surface area contributed by atoms with Gasteiger partial charge in [-0.15, -0.1) is 0 Å². The van der Waals surface area contributed by atoms with Crippen molar-refractivity contribution in [2.45, 2.75) is 24.7 Å². The predicted octanol–water partition coefficient (Wildman–Crippen LogP) is 3.20. The fraction of sp³-hybridized carbons (Fsp3) is 0.364. The van der Waals surface area contributed by atoms with Crippen LogP contribution in [0.25, 0.3) is 0 Å². The standard InChI is InChI=1S/C11H9BrF2O2/c12-7-3-1-6-2-4-9(8(6)5-7)11(13,14)10(15)16/h1,3,5,9H,2,4H2,(H,15,16). The maximum Gasteiger partial charge on any atom is 0.375 e. The summed E-state index contributed by atoms with van der Waals surface area (Å²) in [4.78, 5) is 10.5. The minimum Gasteiger partial charge on any atom is -0.477 e. The molecule has 0 radical (unpaired) electrons. The van der Waals surface area contributed by atoms with E-state index in [1.165, 1.54) is 0 Å². The van der Waals surface area contributed by atoms with Crippen molar-refractivity contribution in [1.82, 2.24) is 0 Å². The maximum atomic E-state index is 13.4. The Morgan fingerprint density at radius 3 is 2.81 bits per heavy atom. The monoisotopic (exact) mass is 290 g/mol. The van der Waals surface area contributed by atoms with Gasteiger partial charge in [0.2, 0.25) is 0 Å². The van der Waals surface area contributed by atoms with E-state index >= 15 is 0 Å². The Morgan fingerprint density at radius 1 is 1.50 bits per heavy atom. The number of rotatable bonds is 2. The van der Waals surface area contributed by atoms with Gasteiger partial charge in [0.05, 0.1) is 5.92 Å². The van der Waals surface area contributed by atoms with Crippen molar-refractivity contribution in [2.24, 2.45) is 0 Å². The fourth-order valence-electron chi connectivity index (χ4n) is 2.10. The van der Waals surface area contributed by atoms with E-state index in [0.29, 0.717) is 16.5 Å². The van der Waals surface area contributed by atoms with Crippen molar-refractivity contribution < 1.29 is 18.7 Å². The third kappa shape index (κ3) is 1.73. The smallest absolute Gasteiger partial charge is 0.375 e. The first kappa shape index (κ1) is 11.5. The van der Waals surface area contributed by atoms with E-state index in [1.54, 1.807) is 18.2 Å². The number of carboxylic acid groups (broad SMARTS) is 1. The van der Waals surface area contributed by atoms with Gasteiger partial charge in [0.1, 0.15) is 0 Å². The number of carboxylic acids is 1. The number of halogens is 3. The molecule has 0 aliphatic heterocycles. The Kier molecular flexibility index (Phi) is 2.74. The Morgan fingerprint density at radius 2 is 2.19 bits per heavy atom. The van der Waals surface area contributed by atoms with Gasteiger partial charge in [-0.1, -0.05) is 22.0 Å². The van der Waals surface area contributed by atoms with Gasteiger partial charge in [-0.2, -0.15) is 8.78 Å². The summed E-state index contributed by atoms with van der Waals surface area (Å²) in [6, 6.07) is 5.13. The third-order valence-corrected chi connectivity index (χ3v) is 3.40. The van der Waals surface area contributed by atoms with Gasteiger partial charge >= 0.3 is 11.9 Å². The van der Waals surface area contributed by atoms with Crippen LogP contribution in [0.15, 0.2) is 22.7 Å². The SMILES string of the molecule is O=C(O)C(F)(F)C1CCc2ccc(Br)cc21. The summed E-state index contributed by atoms with van der Waals surface area (Å²) in [5.41, 5.74) is 1.26. The van der Waals surface area contributed by atoms with Crippen LogP contribution in [0.3, 0.4) is 0 Å². The number of fused-ring (bicyclic) bond motifs is 1. The summed E-state index contributed by atoms with van der Waals surface area (Å²) < 4.78 is 27.6. The first-order valence-electron chi connectivity index (χ1n) is 4.82. The van der Waals surface area contributed by atoms with Crippen molar-refractivity contribution >= 4 is 21.9 Å². The summed E-state index contributed by atoms with van der Waals surface area (Å²) in [5, 5.41) is 8.53. The second-order valence-corrected chi connectivity index (χ2v) is 4.78. The average Bonchev–Trinajstić information content (AvgIpc) is 2.60. The van der Waals surface area contributed by atoms with E-state index in [4.69, 9.17) is 5.11 Å². The summed E-state index contributed by atoms with van der Waals surface area (Å²) in [6.45, 7) is 0. The molecule has 1 unspecified atom stereocenters. The van der Waals surface area contributed by atoms with Crippen LogP contribution in [-0.4, -0.2) is 17.0 Å². The minimum atomic E-state index is -3.69. The molecule has 0 bridgehead atoms. The number of carbonyl (C=O) groups is 1. The van der Waals surface area contributed by atoms with Crippen molar-refractivity contribution in [3.8, 4) is 0 Å². The second kappa shape index (κ2) is 3.80. The molecule has 1 aliphatic rings. The zero-order chi connectivity index (χ0) is 11.9. The summed E-state index contributed by atoms with van der Waals surface area (Å²) in [6.07, 6.45) is 0.696. The van der Waals surface area contributed by atoms with Gasteiger partial charge < -0.3 is 5.11 Å². The maximum absolute atomic E-state index is 13.4. The first-order valence-corrected chi connectivity index (χ1v) is 5.61. The van der Waals surface area contributed by atoms with Crippen LogP contribution in [0.2, 0.25) is 0 Å². The molecule has 1 aromatic rings. The fourth-order valence-corrected chi connectivity index (χ4v) is 2.48. The highest BCUT2D eigenvalue weighted by atomic mass is 79.9. The van der Waals surface area contributed by atoms with Gasteiger partial charge in [-0.3, -0.25) is 0 Å². The van der Waals surface area contributed by atoms with Gasteiger partial charge in [0, 0.05) is 4.47 Å². The lowest BCUT2D eigenvalue weighted by Crippen LogP contribution is -2.34. The topological polar surface area (TPSA) is 37.3 Å². The number of hydrogen-bond acceptors (Lipinski definition) is 1. The Hall–Kier alpha value is -0.970. The van der Waals surface area contributed by atoms with E-state index in [9.17, 15) is 13.6 Å². The molecule has 0 saturated heterocycles. The minimum absolute atomic E-state index is 0.186. The number of hydrogen-bond donors (Lipinski definition) is 1. The van der Waals surface area contributed by atoms with Gasteiger partial charge in [0.25, 0.3) is 0 Å². The zero-order valence-electron chi connectivity index (χ0n) is 8.21. The van der Waals surface area contributed by atoms with Crippen LogP contribution in [0.5, 0.6) is 0 Å². The van der Waals surface area contributed by atoms with Crippen LogP contribution < -0.4 is 0 Å². The molecule has 0 spiro atoms. The van der Waals surface area contributed by atoms with E-state index in [0.717, 1.165) is 5.56 Å². The normalized spacial score (nSPS) is 19.6. The summed E-state index contributed by atoms with van der Waals surface area (Å²) >= 11 is 3.20. The molecule has 0 aromatic heterocycles. The Labute approximate surface area is 99.4 Å². The predicted molar refractivity (Wildman–Crippen MR) is 57.8 cm³/mol. The number of aryl methyl sites for hydroxylation is 1. The van der Waals surface area contributed by atoms with Crippen molar-refractivity contribution in [1.29, 1.82) is 0 Å². The molecular weight excluding hydrogens is 282 g/mol. The van der Waals surface area contributed by atoms with E-state index < -0.39 is 17.8 Å². The van der Waals surface area contributed by atoms with Crippen molar-refractivity contribution in [3.05, 3.63) is 33.8 Å². The summed E-state index contributed by atoms with van der Waals surface area (Å²) in [7, 11) is 0. The molecule has 2 rings (SSSR count). The molecule has 1 N–H and O–H groups in total. The lowest BCUT2D eigenvalue weighted by molar-refractivity contribution is -0.168. The van der Waals surface area contributed by atoms with Crippen molar-refractivity contribution in [2.75, 3.05) is 0 Å². The zero-order valence-corrected chi connectivity index (χ0v) is 9.80. The lowest BCUT2D eigenvalue weighted by Gasteiger charge is -2.19. The average molecular weight is 291 g/mol. The summed E-state index contributed by atoms with van der Waals surface area (Å²) in [5.74, 6) is -6.95. The molecule has 0 saturated carbocycles. The molecule has 0 heterocycles. The van der Waals surface area contributed by atoms with E-state index in [-0.39, 0.29) is 6.42 Å². The molecule has 1 atom stereocenters. The highest BCUT2D eigenvalue weighted by molar-refractivity contribution is 9.10. The number of aliphatic carboxylic acids is 1. The van der Waals surface area contributed by atoms with Crippen LogP contribution >= 0.6 is 15.9 Å². The first-order chi connectivity index (χ1) is 7.43. The Balaban J connectivity index is 2.43. The lowest BCUT2D eigenvalue weighted by atomic mass is 9.94. The van der Waals surface area contributed by atoms with E-state index in [2.05, 4.69) is 15.9 Å². The molecule has 0 amide bonds. The van der Waals surface area contributed by atoms with Crippen LogP contribution in [0, 0.1) is 0 Å². The van der Waals surface area contributed by atoms with E-state index in [1.807, 2.05) is 0 Å². The molecule has 1 aliphatic carbocycles. The molecule has 86 valence electrons. The molecule has 16 heavy (non-hydrogen) atoms. The highest BCUT2D eigenvalue weighted by Crippen LogP contribution is 2.44. The van der Waals surface area contributed by atoms with Gasteiger partial charge in [0.15, 0.2) is 0 Å². The molecule has 5 heteroatoms. The molecular formula is C11H9BrF2O2. The molecule has 1 aromatic carbocycles. The van der Waals surface area contributed by atoms with Crippen LogP contribution in [0.4, 0.5) is 8.78 Å². The Bertz CT molecular complexity index is 446. The highest BCUT2D eigenvalue weighted by Gasteiger charge is 2.50. The van der Waals surface area contributed by atoms with Crippen molar-refractivity contribution in [3.63, 3.8) is 0 Å². The third-order valence-electron chi connectivity index (χ3n) is 2.91. The number of benzene rings is 1.